The van der Waals surface area contributed by atoms with E-state index in [0.29, 0.717) is 18.6 Å². The molecule has 1 aliphatic heterocycles. The molecule has 10 heteroatoms. The minimum Gasteiger partial charge on any atom is -0.461 e. The van der Waals surface area contributed by atoms with E-state index in [2.05, 4.69) is 15.6 Å². The molecule has 2 bridgehead atoms. The SMILES string of the molecule is CC(C)CC(NC(=O)C(CC(=O)OCc1ccccc1)C(C)C)C(=O)CC1Cc2ncc(o2)CCNC(=O)C1=O. The smallest absolute Gasteiger partial charge is 0.306 e. The number of oxazole rings is 1. The highest BCUT2D eigenvalue weighted by atomic mass is 16.5. The van der Waals surface area contributed by atoms with Crippen molar-refractivity contribution in [3.05, 3.63) is 53.7 Å². The number of hydrogen-bond donors (Lipinski definition) is 2. The lowest BCUT2D eigenvalue weighted by Gasteiger charge is -2.26. The van der Waals surface area contributed by atoms with Gasteiger partial charge in [-0.2, -0.15) is 0 Å². The number of esters is 1. The van der Waals surface area contributed by atoms with Crippen LogP contribution in [0.4, 0.5) is 0 Å². The lowest BCUT2D eigenvalue weighted by molar-refractivity contribution is -0.149. The van der Waals surface area contributed by atoms with Crippen molar-refractivity contribution < 1.29 is 33.1 Å². The summed E-state index contributed by atoms with van der Waals surface area (Å²) in [5.74, 6) is -3.73. The lowest BCUT2D eigenvalue weighted by atomic mass is 9.87. The van der Waals surface area contributed by atoms with Gasteiger partial charge in [-0.05, 0) is 23.8 Å². The Morgan fingerprint density at radius 3 is 2.52 bits per heavy atom. The second kappa shape index (κ2) is 14.5. The van der Waals surface area contributed by atoms with E-state index in [-0.39, 0.29) is 55.9 Å². The largest absolute Gasteiger partial charge is 0.461 e. The van der Waals surface area contributed by atoms with Crippen molar-refractivity contribution in [3.8, 4) is 0 Å². The first-order valence-electron chi connectivity index (χ1n) is 13.8. The second-order valence-corrected chi connectivity index (χ2v) is 11.1. The Morgan fingerprint density at radius 2 is 1.85 bits per heavy atom. The molecule has 40 heavy (non-hydrogen) atoms. The summed E-state index contributed by atoms with van der Waals surface area (Å²) >= 11 is 0. The van der Waals surface area contributed by atoms with Gasteiger partial charge < -0.3 is 19.8 Å². The monoisotopic (exact) mass is 553 g/mol. The number of nitrogens with one attached hydrogen (secondary N) is 2. The molecule has 0 spiro atoms. The van der Waals surface area contributed by atoms with Crippen LogP contribution in [-0.2, 0) is 48.2 Å². The molecule has 0 fully saturated rings. The van der Waals surface area contributed by atoms with Gasteiger partial charge in [-0.3, -0.25) is 24.0 Å². The molecule has 2 amide bonds. The number of carbonyl (C=O) groups excluding carboxylic acids is 5. The average molecular weight is 554 g/mol. The summed E-state index contributed by atoms with van der Waals surface area (Å²) in [6.07, 6.45) is 1.91. The van der Waals surface area contributed by atoms with Crippen molar-refractivity contribution in [2.45, 2.75) is 72.4 Å². The number of amides is 2. The molecule has 3 atom stereocenters. The van der Waals surface area contributed by atoms with Crippen LogP contribution in [-0.4, -0.2) is 46.9 Å². The van der Waals surface area contributed by atoms with Crippen LogP contribution in [0, 0.1) is 23.7 Å². The Balaban J connectivity index is 1.68. The number of carbonyl (C=O) groups is 5. The fourth-order valence-electron chi connectivity index (χ4n) is 4.61. The minimum atomic E-state index is -0.975. The lowest BCUT2D eigenvalue weighted by Crippen LogP contribution is -2.47. The number of rotatable bonds is 12. The van der Waals surface area contributed by atoms with Crippen LogP contribution in [0.1, 0.15) is 64.2 Å². The maximum Gasteiger partial charge on any atom is 0.306 e. The molecule has 2 heterocycles. The van der Waals surface area contributed by atoms with Crippen molar-refractivity contribution in [1.29, 1.82) is 0 Å². The molecular weight excluding hydrogens is 514 g/mol. The number of aromatic nitrogens is 1. The molecule has 2 N–H and O–H groups in total. The molecule has 3 rings (SSSR count). The van der Waals surface area contributed by atoms with Crippen LogP contribution in [0.25, 0.3) is 0 Å². The summed E-state index contributed by atoms with van der Waals surface area (Å²) in [5, 5.41) is 5.39. The molecule has 2 aromatic rings. The molecule has 1 aliphatic rings. The molecule has 1 aromatic heterocycles. The first-order valence-corrected chi connectivity index (χ1v) is 13.8. The van der Waals surface area contributed by atoms with Gasteiger partial charge in [0.05, 0.1) is 24.6 Å². The molecular formula is C30H39N3O7. The molecule has 0 aliphatic carbocycles. The van der Waals surface area contributed by atoms with Gasteiger partial charge in [0, 0.05) is 31.7 Å². The van der Waals surface area contributed by atoms with Crippen LogP contribution in [0.3, 0.4) is 0 Å². The summed E-state index contributed by atoms with van der Waals surface area (Å²) in [6.45, 7) is 7.82. The quantitative estimate of drug-likeness (QED) is 0.302. The number of nitrogens with zero attached hydrogens (tertiary/aromatic N) is 1. The summed E-state index contributed by atoms with van der Waals surface area (Å²) < 4.78 is 11.0. The van der Waals surface area contributed by atoms with Gasteiger partial charge in [-0.25, -0.2) is 4.98 Å². The fourth-order valence-corrected chi connectivity index (χ4v) is 4.61. The van der Waals surface area contributed by atoms with E-state index in [4.69, 9.17) is 9.15 Å². The third-order valence-corrected chi connectivity index (χ3v) is 6.90. The van der Waals surface area contributed by atoms with Crippen LogP contribution >= 0.6 is 0 Å². The van der Waals surface area contributed by atoms with Crippen LogP contribution < -0.4 is 10.6 Å². The van der Waals surface area contributed by atoms with Crippen LogP contribution in [0.2, 0.25) is 0 Å². The van der Waals surface area contributed by atoms with E-state index in [9.17, 15) is 24.0 Å². The molecule has 0 saturated heterocycles. The number of Topliss-reactive ketones (excluding diaryl/α,β-unsaturated/α-hetero) is 2. The Morgan fingerprint density at radius 1 is 1.12 bits per heavy atom. The maximum atomic E-state index is 13.5. The third-order valence-electron chi connectivity index (χ3n) is 6.90. The average Bonchev–Trinajstić information content (AvgIpc) is 3.35. The van der Waals surface area contributed by atoms with Gasteiger partial charge in [0.1, 0.15) is 12.4 Å². The number of benzene rings is 1. The number of ketones is 2. The topological polar surface area (TPSA) is 145 Å². The van der Waals surface area contributed by atoms with Crippen LogP contribution in [0.5, 0.6) is 0 Å². The molecule has 0 radical (unpaired) electrons. The van der Waals surface area contributed by atoms with Gasteiger partial charge in [-0.1, -0.05) is 58.0 Å². The first kappa shape index (κ1) is 30.7. The highest BCUT2D eigenvalue weighted by Gasteiger charge is 2.34. The summed E-state index contributed by atoms with van der Waals surface area (Å²) in [6, 6.07) is 8.36. The standard InChI is InChI=1S/C30H39N3O7/c1-18(2)12-24(25(34)13-21-14-26-32-16-22(40-26)10-11-31-30(38)28(21)36)33-29(37)23(19(3)4)15-27(35)39-17-20-8-6-5-7-9-20/h5-9,16,18-19,21,23-24H,10-15,17H2,1-4H3,(H,31,38)(H,33,37). The maximum absolute atomic E-state index is 13.5. The van der Waals surface area contributed by atoms with Gasteiger partial charge in [0.2, 0.25) is 11.7 Å². The third kappa shape index (κ3) is 9.14. The normalized spacial score (nSPS) is 17.2. The zero-order valence-corrected chi connectivity index (χ0v) is 23.6. The second-order valence-electron chi connectivity index (χ2n) is 11.1. The molecule has 0 saturated carbocycles. The molecule has 3 unspecified atom stereocenters. The van der Waals surface area contributed by atoms with Gasteiger partial charge in [-0.15, -0.1) is 0 Å². The van der Waals surface area contributed by atoms with Crippen LogP contribution in [0.15, 0.2) is 40.9 Å². The van der Waals surface area contributed by atoms with Gasteiger partial charge in [0.15, 0.2) is 11.7 Å². The Kier molecular flexibility index (Phi) is 11.2. The van der Waals surface area contributed by atoms with E-state index in [1.165, 1.54) is 0 Å². The molecule has 10 nitrogen and oxygen atoms in total. The summed E-state index contributed by atoms with van der Waals surface area (Å²) in [4.78, 5) is 68.9. The zero-order chi connectivity index (χ0) is 29.2. The van der Waals surface area contributed by atoms with E-state index in [0.717, 1.165) is 5.56 Å². The minimum absolute atomic E-state index is 0.00219. The van der Waals surface area contributed by atoms with E-state index in [1.807, 2.05) is 58.0 Å². The Bertz CT molecular complexity index is 1190. The number of hydrogen-bond acceptors (Lipinski definition) is 8. The van der Waals surface area contributed by atoms with Crippen molar-refractivity contribution in [3.63, 3.8) is 0 Å². The van der Waals surface area contributed by atoms with E-state index in [1.54, 1.807) is 6.20 Å². The van der Waals surface area contributed by atoms with Crippen molar-refractivity contribution in [1.82, 2.24) is 15.6 Å². The first-order chi connectivity index (χ1) is 19.0. The number of ether oxygens (including phenoxy) is 1. The summed E-state index contributed by atoms with van der Waals surface area (Å²) in [7, 11) is 0. The fraction of sp³-hybridized carbons (Fsp3) is 0.533. The van der Waals surface area contributed by atoms with Crippen molar-refractivity contribution in [2.75, 3.05) is 6.54 Å². The highest BCUT2D eigenvalue weighted by molar-refractivity contribution is 6.37. The Labute approximate surface area is 234 Å². The van der Waals surface area contributed by atoms with E-state index < -0.39 is 41.4 Å². The van der Waals surface area contributed by atoms with E-state index >= 15 is 0 Å². The number of fused-ring (bicyclic) bond motifs is 2. The predicted octanol–water partition coefficient (Wildman–Crippen LogP) is 2.97. The predicted molar refractivity (Wildman–Crippen MR) is 146 cm³/mol. The van der Waals surface area contributed by atoms with Crippen molar-refractivity contribution in [2.24, 2.45) is 23.7 Å². The zero-order valence-electron chi connectivity index (χ0n) is 23.6. The summed E-state index contributed by atoms with van der Waals surface area (Å²) in [5.41, 5.74) is 0.841. The highest BCUT2D eigenvalue weighted by Crippen LogP contribution is 2.21. The van der Waals surface area contributed by atoms with Gasteiger partial charge >= 0.3 is 5.97 Å². The molecule has 1 aromatic carbocycles. The van der Waals surface area contributed by atoms with Gasteiger partial charge in [0.25, 0.3) is 5.91 Å². The Hall–Kier alpha value is -3.82. The molecule has 216 valence electrons. The van der Waals surface area contributed by atoms with Crippen molar-refractivity contribution >= 4 is 29.4 Å².